The van der Waals surface area contributed by atoms with Crippen molar-refractivity contribution >= 4 is 29.0 Å². The third-order valence-corrected chi connectivity index (χ3v) is 6.60. The van der Waals surface area contributed by atoms with E-state index in [9.17, 15) is 4.39 Å². The molecule has 1 aromatic carbocycles. The summed E-state index contributed by atoms with van der Waals surface area (Å²) >= 11 is 7.65. The lowest BCUT2D eigenvalue weighted by Gasteiger charge is -2.26. The lowest BCUT2D eigenvalue weighted by molar-refractivity contribution is 0.214. The Bertz CT molecular complexity index is 1180. The van der Waals surface area contributed by atoms with Crippen molar-refractivity contribution < 1.29 is 4.39 Å². The Morgan fingerprint density at radius 3 is 2.58 bits per heavy atom. The van der Waals surface area contributed by atoms with Crippen LogP contribution >= 0.6 is 23.4 Å². The fraction of sp³-hybridized carbons (Fsp3) is 0.318. The van der Waals surface area contributed by atoms with E-state index in [1.54, 1.807) is 23.9 Å². The molecule has 0 spiro atoms. The van der Waals surface area contributed by atoms with Gasteiger partial charge in [0, 0.05) is 23.8 Å². The lowest BCUT2D eigenvalue weighted by Crippen LogP contribution is -2.30. The van der Waals surface area contributed by atoms with Gasteiger partial charge in [-0.3, -0.25) is 9.47 Å². The highest BCUT2D eigenvalue weighted by atomic mass is 35.5. The SMILES string of the molecule is Fc1ccc(-n2c(CN3CCCCC3)nnc2SCc2cn3cc(Cl)ccc3n2)cc1. The second kappa shape index (κ2) is 8.98. The molecule has 1 aliphatic heterocycles. The van der Waals surface area contributed by atoms with Crippen LogP contribution < -0.4 is 0 Å². The van der Waals surface area contributed by atoms with Gasteiger partial charge >= 0.3 is 0 Å². The predicted molar refractivity (Wildman–Crippen MR) is 120 cm³/mol. The maximum Gasteiger partial charge on any atom is 0.196 e. The highest BCUT2D eigenvalue weighted by molar-refractivity contribution is 7.98. The Labute approximate surface area is 189 Å². The third-order valence-electron chi connectivity index (χ3n) is 5.41. The van der Waals surface area contributed by atoms with Crippen molar-refractivity contribution in [3.8, 4) is 5.69 Å². The van der Waals surface area contributed by atoms with Crippen molar-refractivity contribution in [2.75, 3.05) is 13.1 Å². The van der Waals surface area contributed by atoms with Crippen molar-refractivity contribution in [2.24, 2.45) is 0 Å². The molecule has 0 aliphatic carbocycles. The second-order valence-corrected chi connectivity index (χ2v) is 9.06. The van der Waals surface area contributed by atoms with E-state index in [0.717, 1.165) is 47.6 Å². The van der Waals surface area contributed by atoms with Crippen LogP contribution in [0.25, 0.3) is 11.3 Å². The Kier molecular flexibility index (Phi) is 5.93. The monoisotopic (exact) mass is 456 g/mol. The van der Waals surface area contributed by atoms with Gasteiger partial charge in [-0.2, -0.15) is 0 Å². The molecule has 1 aliphatic rings. The number of benzene rings is 1. The molecule has 3 aromatic heterocycles. The average molecular weight is 457 g/mol. The Morgan fingerprint density at radius 2 is 1.77 bits per heavy atom. The minimum absolute atomic E-state index is 0.257. The molecule has 1 fully saturated rings. The van der Waals surface area contributed by atoms with Crippen molar-refractivity contribution in [1.82, 2.24) is 29.0 Å². The van der Waals surface area contributed by atoms with Gasteiger partial charge in [0.2, 0.25) is 0 Å². The predicted octanol–water partition coefficient (Wildman–Crippen LogP) is 4.99. The first-order chi connectivity index (χ1) is 15.2. The Morgan fingerprint density at radius 1 is 0.968 bits per heavy atom. The van der Waals surface area contributed by atoms with Crippen molar-refractivity contribution in [1.29, 1.82) is 0 Å². The van der Waals surface area contributed by atoms with Crippen LogP contribution in [0.2, 0.25) is 5.02 Å². The normalized spacial score (nSPS) is 15.0. The second-order valence-electron chi connectivity index (χ2n) is 7.68. The summed E-state index contributed by atoms with van der Waals surface area (Å²) in [6.07, 6.45) is 7.53. The minimum Gasteiger partial charge on any atom is -0.305 e. The topological polar surface area (TPSA) is 51.2 Å². The highest BCUT2D eigenvalue weighted by Crippen LogP contribution is 2.27. The molecule has 0 saturated carbocycles. The van der Waals surface area contributed by atoms with Gasteiger partial charge in [0.1, 0.15) is 11.5 Å². The van der Waals surface area contributed by atoms with Crippen LogP contribution in [-0.4, -0.2) is 42.1 Å². The summed E-state index contributed by atoms with van der Waals surface area (Å²) in [7, 11) is 0. The quantitative estimate of drug-likeness (QED) is 0.383. The van der Waals surface area contributed by atoms with E-state index in [1.807, 2.05) is 33.5 Å². The van der Waals surface area contributed by atoms with E-state index in [4.69, 9.17) is 11.6 Å². The summed E-state index contributed by atoms with van der Waals surface area (Å²) in [5.41, 5.74) is 2.65. The number of likely N-dealkylation sites (tertiary alicyclic amines) is 1. The molecule has 0 N–H and O–H groups in total. The standard InChI is InChI=1S/C22H22ClFN6S/c23-16-4-9-20-25-18(13-29(20)12-16)15-31-22-27-26-21(14-28-10-2-1-3-11-28)30(22)19-7-5-17(24)6-8-19/h4-9,12-13H,1-3,10-11,14-15H2. The van der Waals surface area contributed by atoms with Crippen molar-refractivity contribution in [2.45, 2.75) is 36.7 Å². The molecule has 6 nitrogen and oxygen atoms in total. The first-order valence-electron chi connectivity index (χ1n) is 10.3. The van der Waals surface area contributed by atoms with E-state index in [1.165, 1.54) is 31.4 Å². The summed E-state index contributed by atoms with van der Waals surface area (Å²) in [5, 5.41) is 10.4. The number of nitrogens with zero attached hydrogens (tertiary/aromatic N) is 6. The fourth-order valence-electron chi connectivity index (χ4n) is 3.89. The van der Waals surface area contributed by atoms with E-state index in [2.05, 4.69) is 20.1 Å². The van der Waals surface area contributed by atoms with Gasteiger partial charge in [-0.25, -0.2) is 9.37 Å². The molecule has 9 heteroatoms. The first kappa shape index (κ1) is 20.5. The zero-order chi connectivity index (χ0) is 21.2. The smallest absolute Gasteiger partial charge is 0.196 e. The van der Waals surface area contributed by atoms with E-state index in [0.29, 0.717) is 10.8 Å². The number of hydrogen-bond donors (Lipinski definition) is 0. The van der Waals surface area contributed by atoms with Crippen LogP contribution in [-0.2, 0) is 12.3 Å². The number of piperidine rings is 1. The number of imidazole rings is 1. The number of hydrogen-bond acceptors (Lipinski definition) is 5. The largest absolute Gasteiger partial charge is 0.305 e. The lowest BCUT2D eigenvalue weighted by atomic mass is 10.1. The highest BCUT2D eigenvalue weighted by Gasteiger charge is 2.19. The fourth-order valence-corrected chi connectivity index (χ4v) is 4.91. The molecule has 4 heterocycles. The molecule has 0 amide bonds. The van der Waals surface area contributed by atoms with Crippen LogP contribution in [0.3, 0.4) is 0 Å². The Hall–Kier alpha value is -2.42. The third kappa shape index (κ3) is 4.61. The molecule has 0 unspecified atom stereocenters. The van der Waals surface area contributed by atoms with Gasteiger partial charge in [0.05, 0.1) is 17.3 Å². The maximum absolute atomic E-state index is 13.5. The summed E-state index contributed by atoms with van der Waals surface area (Å²) in [6, 6.07) is 10.2. The number of thioether (sulfide) groups is 1. The van der Waals surface area contributed by atoms with Crippen LogP contribution in [0.1, 0.15) is 30.8 Å². The molecular formula is C22H22ClFN6S. The molecule has 5 rings (SSSR count). The van der Waals surface area contributed by atoms with Crippen LogP contribution in [0.4, 0.5) is 4.39 Å². The van der Waals surface area contributed by atoms with E-state index >= 15 is 0 Å². The summed E-state index contributed by atoms with van der Waals surface area (Å²) in [4.78, 5) is 7.06. The Balaban J connectivity index is 1.41. The van der Waals surface area contributed by atoms with Gasteiger partial charge in [0.25, 0.3) is 0 Å². The molecule has 0 atom stereocenters. The van der Waals surface area contributed by atoms with Gasteiger partial charge in [0.15, 0.2) is 11.0 Å². The number of aromatic nitrogens is 5. The van der Waals surface area contributed by atoms with Gasteiger partial charge in [-0.05, 0) is 62.3 Å². The number of pyridine rings is 1. The van der Waals surface area contributed by atoms with Crippen LogP contribution in [0, 0.1) is 5.82 Å². The minimum atomic E-state index is -0.257. The number of rotatable bonds is 6. The van der Waals surface area contributed by atoms with Crippen LogP contribution in [0.15, 0.2) is 53.9 Å². The molecular weight excluding hydrogens is 435 g/mol. The van der Waals surface area contributed by atoms with E-state index in [-0.39, 0.29) is 5.82 Å². The van der Waals surface area contributed by atoms with Gasteiger partial charge < -0.3 is 4.40 Å². The summed E-state index contributed by atoms with van der Waals surface area (Å²) in [5.74, 6) is 1.26. The van der Waals surface area contributed by atoms with Crippen molar-refractivity contribution in [3.63, 3.8) is 0 Å². The zero-order valence-corrected chi connectivity index (χ0v) is 18.5. The average Bonchev–Trinajstić information content (AvgIpc) is 3.37. The molecule has 160 valence electrons. The molecule has 1 saturated heterocycles. The maximum atomic E-state index is 13.5. The zero-order valence-electron chi connectivity index (χ0n) is 16.9. The van der Waals surface area contributed by atoms with Crippen LogP contribution in [0.5, 0.6) is 0 Å². The number of halogens is 2. The first-order valence-corrected chi connectivity index (χ1v) is 11.7. The molecule has 31 heavy (non-hydrogen) atoms. The molecule has 0 radical (unpaired) electrons. The summed E-state index contributed by atoms with van der Waals surface area (Å²) in [6.45, 7) is 2.88. The number of fused-ring (bicyclic) bond motifs is 1. The molecule has 0 bridgehead atoms. The van der Waals surface area contributed by atoms with Gasteiger partial charge in [-0.15, -0.1) is 10.2 Å². The van der Waals surface area contributed by atoms with Crippen molar-refractivity contribution in [3.05, 3.63) is 71.2 Å². The van der Waals surface area contributed by atoms with E-state index < -0.39 is 0 Å². The van der Waals surface area contributed by atoms with Gasteiger partial charge in [-0.1, -0.05) is 29.8 Å². The summed E-state index contributed by atoms with van der Waals surface area (Å²) < 4.78 is 17.5. The molecule has 4 aromatic rings.